The van der Waals surface area contributed by atoms with Crippen LogP contribution in [0.2, 0.25) is 0 Å². The van der Waals surface area contributed by atoms with Gasteiger partial charge in [0, 0.05) is 41.3 Å². The first-order valence-electron chi connectivity index (χ1n) is 7.55. The van der Waals surface area contributed by atoms with Gasteiger partial charge in [0.25, 0.3) is 0 Å². The molecule has 0 fully saturated rings. The fourth-order valence-electron chi connectivity index (χ4n) is 2.92. The van der Waals surface area contributed by atoms with Crippen LogP contribution in [0.25, 0.3) is 27.8 Å². The molecule has 0 bridgehead atoms. The maximum atomic E-state index is 6.07. The molecule has 0 spiro atoms. The van der Waals surface area contributed by atoms with Crippen molar-refractivity contribution >= 4 is 22.4 Å². The van der Waals surface area contributed by atoms with E-state index in [2.05, 4.69) is 19.5 Å². The highest BCUT2D eigenvalue weighted by Crippen LogP contribution is 2.30. The van der Waals surface area contributed by atoms with Crippen LogP contribution in [0.3, 0.4) is 0 Å². The molecular formula is C18H16N6. The first-order valence-corrected chi connectivity index (χ1v) is 7.55. The third-order valence-corrected chi connectivity index (χ3v) is 3.96. The summed E-state index contributed by atoms with van der Waals surface area (Å²) in [6.07, 6.45) is 5.54. The van der Waals surface area contributed by atoms with E-state index in [1.807, 2.05) is 43.5 Å². The summed E-state index contributed by atoms with van der Waals surface area (Å²) in [5.41, 5.74) is 16.3. The molecule has 24 heavy (non-hydrogen) atoms. The van der Waals surface area contributed by atoms with E-state index in [4.69, 9.17) is 11.5 Å². The average molecular weight is 316 g/mol. The molecule has 3 heterocycles. The summed E-state index contributed by atoms with van der Waals surface area (Å²) in [6, 6.07) is 11.6. The van der Waals surface area contributed by atoms with E-state index in [0.717, 1.165) is 33.5 Å². The van der Waals surface area contributed by atoms with Crippen LogP contribution >= 0.6 is 0 Å². The van der Waals surface area contributed by atoms with Gasteiger partial charge in [0.2, 0.25) is 0 Å². The lowest BCUT2D eigenvalue weighted by Gasteiger charge is -2.12. The standard InChI is InChI=1S/C18H16N6/c1-11-22-15(9-18(20)23-11)13-10-21-7-5-17(13)24-8-6-12-14(19)3-2-4-16(12)24/h2-10H,19H2,1H3,(H2,20,22,23). The molecular weight excluding hydrogens is 300 g/mol. The van der Waals surface area contributed by atoms with E-state index in [0.29, 0.717) is 11.6 Å². The van der Waals surface area contributed by atoms with Crippen LogP contribution in [0.4, 0.5) is 11.5 Å². The van der Waals surface area contributed by atoms with Gasteiger partial charge in [-0.1, -0.05) is 6.07 Å². The van der Waals surface area contributed by atoms with Crippen LogP contribution in [-0.4, -0.2) is 19.5 Å². The molecule has 0 radical (unpaired) electrons. The minimum atomic E-state index is 0.439. The maximum absolute atomic E-state index is 6.07. The van der Waals surface area contributed by atoms with Gasteiger partial charge in [-0.25, -0.2) is 9.97 Å². The van der Waals surface area contributed by atoms with Gasteiger partial charge in [0.1, 0.15) is 11.6 Å². The second kappa shape index (κ2) is 5.34. The minimum Gasteiger partial charge on any atom is -0.398 e. The quantitative estimate of drug-likeness (QED) is 0.554. The number of fused-ring (bicyclic) bond motifs is 1. The number of hydrogen-bond acceptors (Lipinski definition) is 5. The molecule has 0 aliphatic rings. The van der Waals surface area contributed by atoms with Crippen molar-refractivity contribution in [3.05, 3.63) is 60.8 Å². The molecule has 0 aliphatic carbocycles. The van der Waals surface area contributed by atoms with Crippen molar-refractivity contribution < 1.29 is 0 Å². The fraction of sp³-hybridized carbons (Fsp3) is 0.0556. The molecule has 0 saturated carbocycles. The van der Waals surface area contributed by atoms with Gasteiger partial charge in [-0.15, -0.1) is 0 Å². The normalized spacial score (nSPS) is 11.0. The van der Waals surface area contributed by atoms with Gasteiger partial charge in [-0.2, -0.15) is 0 Å². The Morgan fingerprint density at radius 1 is 1.04 bits per heavy atom. The van der Waals surface area contributed by atoms with Crippen LogP contribution in [-0.2, 0) is 0 Å². The molecule has 118 valence electrons. The number of benzene rings is 1. The number of hydrogen-bond donors (Lipinski definition) is 2. The van der Waals surface area contributed by atoms with Gasteiger partial charge in [0.15, 0.2) is 0 Å². The number of pyridine rings is 1. The maximum Gasteiger partial charge on any atom is 0.128 e. The lowest BCUT2D eigenvalue weighted by molar-refractivity contribution is 1.05. The molecule has 0 saturated heterocycles. The first kappa shape index (κ1) is 14.2. The number of aryl methyl sites for hydroxylation is 1. The summed E-state index contributed by atoms with van der Waals surface area (Å²) >= 11 is 0. The van der Waals surface area contributed by atoms with E-state index in [1.54, 1.807) is 18.5 Å². The highest BCUT2D eigenvalue weighted by molar-refractivity contribution is 5.93. The lowest BCUT2D eigenvalue weighted by Crippen LogP contribution is -2.01. The summed E-state index contributed by atoms with van der Waals surface area (Å²) in [5.74, 6) is 1.07. The molecule has 4 rings (SSSR count). The second-order valence-electron chi connectivity index (χ2n) is 5.58. The first-order chi connectivity index (χ1) is 11.6. The topological polar surface area (TPSA) is 95.6 Å². The fourth-order valence-corrected chi connectivity index (χ4v) is 2.92. The molecule has 3 aromatic heterocycles. The number of nitrogen functional groups attached to an aromatic ring is 2. The molecule has 1 aromatic carbocycles. The number of aromatic nitrogens is 4. The van der Waals surface area contributed by atoms with Crippen LogP contribution in [0.1, 0.15) is 5.82 Å². The van der Waals surface area contributed by atoms with Crippen LogP contribution < -0.4 is 11.5 Å². The SMILES string of the molecule is Cc1nc(N)cc(-c2cnccc2-n2ccc3c(N)cccc32)n1. The van der Waals surface area contributed by atoms with E-state index in [1.165, 1.54) is 0 Å². The second-order valence-corrected chi connectivity index (χ2v) is 5.58. The Bertz CT molecular complexity index is 1030. The summed E-state index contributed by atoms with van der Waals surface area (Å²) in [4.78, 5) is 12.9. The lowest BCUT2D eigenvalue weighted by atomic mass is 10.1. The zero-order chi connectivity index (χ0) is 16.7. The van der Waals surface area contributed by atoms with Gasteiger partial charge < -0.3 is 16.0 Å². The molecule has 0 unspecified atom stereocenters. The monoisotopic (exact) mass is 316 g/mol. The highest BCUT2D eigenvalue weighted by Gasteiger charge is 2.12. The Morgan fingerprint density at radius 2 is 1.92 bits per heavy atom. The summed E-state index contributed by atoms with van der Waals surface area (Å²) in [7, 11) is 0. The van der Waals surface area contributed by atoms with Crippen molar-refractivity contribution in [2.75, 3.05) is 11.5 Å². The van der Waals surface area contributed by atoms with Crippen molar-refractivity contribution in [1.82, 2.24) is 19.5 Å². The van der Waals surface area contributed by atoms with E-state index in [9.17, 15) is 0 Å². The summed E-state index contributed by atoms with van der Waals surface area (Å²) in [6.45, 7) is 1.82. The Morgan fingerprint density at radius 3 is 2.75 bits per heavy atom. The van der Waals surface area contributed by atoms with Gasteiger partial charge >= 0.3 is 0 Å². The predicted octanol–water partition coefficient (Wildman–Crippen LogP) is 2.96. The Balaban J connectivity index is 1.98. The van der Waals surface area contributed by atoms with Crippen molar-refractivity contribution in [3.8, 4) is 16.9 Å². The number of nitrogens with two attached hydrogens (primary N) is 2. The minimum absolute atomic E-state index is 0.439. The Kier molecular flexibility index (Phi) is 3.16. The van der Waals surface area contributed by atoms with Crippen molar-refractivity contribution in [2.45, 2.75) is 6.92 Å². The van der Waals surface area contributed by atoms with Gasteiger partial charge in [-0.3, -0.25) is 4.98 Å². The van der Waals surface area contributed by atoms with Crippen molar-refractivity contribution in [2.24, 2.45) is 0 Å². The highest BCUT2D eigenvalue weighted by atomic mass is 15.0. The van der Waals surface area contributed by atoms with Crippen LogP contribution in [0.5, 0.6) is 0 Å². The predicted molar refractivity (Wildman–Crippen MR) is 95.7 cm³/mol. The average Bonchev–Trinajstić information content (AvgIpc) is 2.99. The summed E-state index contributed by atoms with van der Waals surface area (Å²) in [5, 5.41) is 1.01. The Hall–Kier alpha value is -3.41. The van der Waals surface area contributed by atoms with Crippen molar-refractivity contribution in [3.63, 3.8) is 0 Å². The molecule has 6 heteroatoms. The van der Waals surface area contributed by atoms with E-state index >= 15 is 0 Å². The zero-order valence-corrected chi connectivity index (χ0v) is 13.1. The molecule has 0 atom stereocenters. The molecule has 4 aromatic rings. The Labute approximate surface area is 138 Å². The smallest absolute Gasteiger partial charge is 0.128 e. The van der Waals surface area contributed by atoms with Crippen LogP contribution in [0.15, 0.2) is 55.0 Å². The summed E-state index contributed by atoms with van der Waals surface area (Å²) < 4.78 is 2.08. The van der Waals surface area contributed by atoms with Crippen LogP contribution in [0, 0.1) is 6.92 Å². The zero-order valence-electron chi connectivity index (χ0n) is 13.1. The third kappa shape index (κ3) is 2.25. The van der Waals surface area contributed by atoms with E-state index in [-0.39, 0.29) is 0 Å². The number of anilines is 2. The van der Waals surface area contributed by atoms with E-state index < -0.39 is 0 Å². The van der Waals surface area contributed by atoms with Gasteiger partial charge in [-0.05, 0) is 31.2 Å². The molecule has 0 aliphatic heterocycles. The third-order valence-electron chi connectivity index (χ3n) is 3.96. The number of nitrogens with zero attached hydrogens (tertiary/aromatic N) is 4. The number of rotatable bonds is 2. The van der Waals surface area contributed by atoms with Crippen molar-refractivity contribution in [1.29, 1.82) is 0 Å². The molecule has 0 amide bonds. The largest absolute Gasteiger partial charge is 0.398 e. The molecule has 6 nitrogen and oxygen atoms in total. The molecule has 4 N–H and O–H groups in total. The van der Waals surface area contributed by atoms with Gasteiger partial charge in [0.05, 0.1) is 16.9 Å².